The van der Waals surface area contributed by atoms with E-state index in [2.05, 4.69) is 36.9 Å². The van der Waals surface area contributed by atoms with Crippen LogP contribution in [0.2, 0.25) is 5.02 Å². The summed E-state index contributed by atoms with van der Waals surface area (Å²) in [6, 6.07) is 17.4. The van der Waals surface area contributed by atoms with Crippen molar-refractivity contribution in [2.75, 3.05) is 0 Å². The van der Waals surface area contributed by atoms with Crippen molar-refractivity contribution in [2.24, 2.45) is 4.99 Å². The smallest absolute Gasteiger partial charge is 0.264 e. The van der Waals surface area contributed by atoms with Crippen molar-refractivity contribution < 1.29 is 4.79 Å². The number of aliphatic imine (C=N–C) groups is 1. The molecule has 1 aliphatic rings. The minimum absolute atomic E-state index is 0.137. The number of nitrogens with zero attached hydrogens (tertiary/aromatic N) is 2. The molecule has 3 aromatic rings. The Kier molecular flexibility index (Phi) is 5.67. The Morgan fingerprint density at radius 2 is 1.79 bits per heavy atom. The van der Waals surface area contributed by atoms with Gasteiger partial charge in [0.15, 0.2) is 5.17 Å². The van der Waals surface area contributed by atoms with E-state index in [9.17, 15) is 4.79 Å². The minimum Gasteiger partial charge on any atom is -0.318 e. The van der Waals surface area contributed by atoms with E-state index in [0.717, 1.165) is 32.8 Å². The van der Waals surface area contributed by atoms with Crippen LogP contribution in [0.4, 0.5) is 5.69 Å². The number of nitrogens with one attached hydrogen (secondary N) is 1. The molecule has 0 radical (unpaired) electrons. The van der Waals surface area contributed by atoms with Gasteiger partial charge in [-0.3, -0.25) is 4.79 Å². The van der Waals surface area contributed by atoms with Gasteiger partial charge in [0.2, 0.25) is 0 Å². The lowest BCUT2D eigenvalue weighted by Gasteiger charge is -2.09. The molecular weight excluding hydrogens is 470 g/mol. The summed E-state index contributed by atoms with van der Waals surface area (Å²) in [4.78, 5) is 17.6. The molecule has 7 heteroatoms. The van der Waals surface area contributed by atoms with Crippen molar-refractivity contribution in [1.29, 1.82) is 0 Å². The lowest BCUT2D eigenvalue weighted by molar-refractivity contribution is -0.115. The molecule has 1 fully saturated rings. The van der Waals surface area contributed by atoms with Gasteiger partial charge in [0.05, 0.1) is 10.6 Å². The molecule has 0 spiro atoms. The molecule has 29 heavy (non-hydrogen) atoms. The average molecular weight is 487 g/mol. The minimum atomic E-state index is -0.137. The maximum absolute atomic E-state index is 12.4. The Labute approximate surface area is 186 Å². The molecule has 0 bridgehead atoms. The van der Waals surface area contributed by atoms with Crippen molar-refractivity contribution in [3.63, 3.8) is 0 Å². The highest BCUT2D eigenvalue weighted by atomic mass is 79.9. The van der Waals surface area contributed by atoms with Gasteiger partial charge < -0.3 is 9.88 Å². The van der Waals surface area contributed by atoms with Gasteiger partial charge in [-0.1, -0.05) is 27.5 Å². The Morgan fingerprint density at radius 3 is 2.48 bits per heavy atom. The van der Waals surface area contributed by atoms with E-state index >= 15 is 0 Å². The van der Waals surface area contributed by atoms with Gasteiger partial charge in [0.25, 0.3) is 5.91 Å². The standard InChI is InChI=1S/C22H17BrClN3OS/c1-13-11-15(14(2)27(13)19-9-5-17(24)6-10-19)12-20-21(28)26-22(29-20)25-18-7-3-16(23)4-8-18/h3-12H,1-2H3,(H,25,26,28)/b20-12-. The first-order valence-corrected chi connectivity index (χ1v) is 10.9. The highest BCUT2D eigenvalue weighted by molar-refractivity contribution is 9.10. The molecule has 4 rings (SSSR count). The van der Waals surface area contributed by atoms with Crippen LogP contribution in [0.1, 0.15) is 17.0 Å². The Hall–Kier alpha value is -2.28. The zero-order valence-electron chi connectivity index (χ0n) is 15.7. The number of carbonyl (C=O) groups excluding carboxylic acids is 1. The van der Waals surface area contributed by atoms with E-state index in [1.165, 1.54) is 11.8 Å². The summed E-state index contributed by atoms with van der Waals surface area (Å²) in [5.74, 6) is -0.137. The fourth-order valence-electron chi connectivity index (χ4n) is 3.18. The molecule has 1 saturated heterocycles. The summed E-state index contributed by atoms with van der Waals surface area (Å²) in [7, 11) is 0. The van der Waals surface area contributed by atoms with Gasteiger partial charge in [-0.05, 0) is 91.8 Å². The van der Waals surface area contributed by atoms with Gasteiger partial charge in [0, 0.05) is 26.6 Å². The second-order valence-electron chi connectivity index (χ2n) is 6.60. The number of hydrogen-bond donors (Lipinski definition) is 1. The lowest BCUT2D eigenvalue weighted by atomic mass is 10.2. The first-order valence-electron chi connectivity index (χ1n) is 8.91. The summed E-state index contributed by atoms with van der Waals surface area (Å²) in [6.45, 7) is 4.09. The van der Waals surface area contributed by atoms with E-state index in [4.69, 9.17) is 11.6 Å². The zero-order valence-corrected chi connectivity index (χ0v) is 18.9. The first-order chi connectivity index (χ1) is 13.9. The molecule has 0 aliphatic carbocycles. The Morgan fingerprint density at radius 1 is 1.10 bits per heavy atom. The predicted octanol–water partition coefficient (Wildman–Crippen LogP) is 6.40. The highest BCUT2D eigenvalue weighted by Crippen LogP contribution is 2.31. The molecule has 4 nitrogen and oxygen atoms in total. The third-order valence-corrected chi connectivity index (χ3v) is 6.24. The van der Waals surface area contributed by atoms with E-state index in [1.54, 1.807) is 0 Å². The molecule has 1 aliphatic heterocycles. The number of carbonyl (C=O) groups is 1. The predicted molar refractivity (Wildman–Crippen MR) is 125 cm³/mol. The second-order valence-corrected chi connectivity index (χ2v) is 8.98. The van der Waals surface area contributed by atoms with Crippen LogP contribution in [0.25, 0.3) is 11.8 Å². The van der Waals surface area contributed by atoms with Crippen LogP contribution in [0.3, 0.4) is 0 Å². The largest absolute Gasteiger partial charge is 0.318 e. The van der Waals surface area contributed by atoms with Gasteiger partial charge in [-0.15, -0.1) is 0 Å². The molecule has 1 aromatic heterocycles. The Bertz CT molecular complexity index is 1150. The maximum Gasteiger partial charge on any atom is 0.264 e. The summed E-state index contributed by atoms with van der Waals surface area (Å²) in [6.07, 6.45) is 1.92. The SMILES string of the molecule is Cc1cc(/C=C2\SC(=Nc3ccc(Br)cc3)NC2=O)c(C)n1-c1ccc(Cl)cc1. The number of halogens is 2. The van der Waals surface area contributed by atoms with E-state index in [0.29, 0.717) is 15.1 Å². The van der Waals surface area contributed by atoms with Gasteiger partial charge in [0.1, 0.15) is 0 Å². The van der Waals surface area contributed by atoms with Gasteiger partial charge in [-0.2, -0.15) is 0 Å². The topological polar surface area (TPSA) is 46.4 Å². The van der Waals surface area contributed by atoms with Crippen molar-refractivity contribution >= 4 is 62.1 Å². The van der Waals surface area contributed by atoms with Crippen LogP contribution >= 0.6 is 39.3 Å². The number of benzene rings is 2. The third kappa shape index (κ3) is 4.34. The molecule has 146 valence electrons. The summed E-state index contributed by atoms with van der Waals surface area (Å²) < 4.78 is 3.14. The Balaban J connectivity index is 1.63. The van der Waals surface area contributed by atoms with E-state index in [1.807, 2.05) is 68.5 Å². The van der Waals surface area contributed by atoms with Gasteiger partial charge >= 0.3 is 0 Å². The van der Waals surface area contributed by atoms with Gasteiger partial charge in [-0.25, -0.2) is 4.99 Å². The number of thioether (sulfide) groups is 1. The van der Waals surface area contributed by atoms with Crippen LogP contribution in [0.5, 0.6) is 0 Å². The number of aryl methyl sites for hydroxylation is 1. The third-order valence-electron chi connectivity index (χ3n) is 4.55. The van der Waals surface area contributed by atoms with Crippen molar-refractivity contribution in [1.82, 2.24) is 9.88 Å². The molecule has 2 heterocycles. The lowest BCUT2D eigenvalue weighted by Crippen LogP contribution is -2.19. The van der Waals surface area contributed by atoms with Crippen molar-refractivity contribution in [3.05, 3.63) is 85.9 Å². The number of aromatic nitrogens is 1. The second kappa shape index (κ2) is 8.22. The number of rotatable bonds is 3. The molecule has 1 amide bonds. The quantitative estimate of drug-likeness (QED) is 0.435. The monoisotopic (exact) mass is 485 g/mol. The van der Waals surface area contributed by atoms with E-state index in [-0.39, 0.29) is 5.91 Å². The normalized spacial score (nSPS) is 16.6. The fourth-order valence-corrected chi connectivity index (χ4v) is 4.40. The molecule has 2 aromatic carbocycles. The molecule has 1 N–H and O–H groups in total. The number of hydrogen-bond acceptors (Lipinski definition) is 3. The first kappa shape index (κ1) is 20.0. The zero-order chi connectivity index (χ0) is 20.5. The van der Waals surface area contributed by atoms with Crippen molar-refractivity contribution in [2.45, 2.75) is 13.8 Å². The summed E-state index contributed by atoms with van der Waals surface area (Å²) in [5.41, 5.74) is 4.97. The van der Waals surface area contributed by atoms with Crippen molar-refractivity contribution in [3.8, 4) is 5.69 Å². The van der Waals surface area contributed by atoms with Crippen LogP contribution in [-0.2, 0) is 4.79 Å². The highest BCUT2D eigenvalue weighted by Gasteiger charge is 2.24. The van der Waals surface area contributed by atoms with E-state index < -0.39 is 0 Å². The molecule has 0 atom stereocenters. The molecular formula is C22H17BrClN3OS. The number of amides is 1. The summed E-state index contributed by atoms with van der Waals surface area (Å²) >= 11 is 10.8. The fraction of sp³-hybridized carbons (Fsp3) is 0.0909. The summed E-state index contributed by atoms with van der Waals surface area (Å²) in [5, 5.41) is 4.12. The van der Waals surface area contributed by atoms with Crippen LogP contribution in [-0.4, -0.2) is 15.6 Å². The maximum atomic E-state index is 12.4. The average Bonchev–Trinajstić information content (AvgIpc) is 3.17. The van der Waals surface area contributed by atoms with Crippen LogP contribution in [0.15, 0.2) is 69.0 Å². The van der Waals surface area contributed by atoms with Crippen LogP contribution < -0.4 is 5.32 Å². The van der Waals surface area contributed by atoms with Crippen LogP contribution in [0, 0.1) is 13.8 Å². The molecule has 0 unspecified atom stereocenters. The molecule has 0 saturated carbocycles. The number of amidine groups is 1.